The number of furan rings is 1. The number of carbonyl (C=O) groups excluding carboxylic acids is 1. The van der Waals surface area contributed by atoms with Crippen LogP contribution in [0.15, 0.2) is 33.7 Å². The Morgan fingerprint density at radius 1 is 1.33 bits per heavy atom. The summed E-state index contributed by atoms with van der Waals surface area (Å²) in [5.41, 5.74) is 2.96. The molecule has 1 amide bonds. The van der Waals surface area contributed by atoms with Crippen LogP contribution in [0.5, 0.6) is 5.75 Å². The summed E-state index contributed by atoms with van der Waals surface area (Å²) in [6.07, 6.45) is 1.57. The zero-order valence-corrected chi connectivity index (χ0v) is 19.1. The Kier molecular flexibility index (Phi) is 5.90. The third-order valence-electron chi connectivity index (χ3n) is 6.30. The van der Waals surface area contributed by atoms with E-state index in [0.717, 1.165) is 5.56 Å². The van der Waals surface area contributed by atoms with Crippen molar-refractivity contribution in [2.75, 3.05) is 19.1 Å². The highest BCUT2D eigenvalue weighted by Gasteiger charge is 2.47. The molecule has 3 aromatic rings. The first-order valence-electron chi connectivity index (χ1n) is 10.8. The molecule has 0 unspecified atom stereocenters. The summed E-state index contributed by atoms with van der Waals surface area (Å²) in [5.74, 6) is -2.64. The smallest absolute Gasteiger partial charge is 0.256 e. The van der Waals surface area contributed by atoms with Crippen LogP contribution < -0.4 is 20.5 Å². The lowest BCUT2D eigenvalue weighted by Gasteiger charge is -2.42. The van der Waals surface area contributed by atoms with Crippen molar-refractivity contribution in [2.24, 2.45) is 0 Å². The topological polar surface area (TPSA) is 87.6 Å². The maximum Gasteiger partial charge on any atom is 0.256 e. The van der Waals surface area contributed by atoms with Crippen molar-refractivity contribution in [3.63, 3.8) is 0 Å². The minimum absolute atomic E-state index is 0.0327. The molecule has 0 radical (unpaired) electrons. The quantitative estimate of drug-likeness (QED) is 0.554. The van der Waals surface area contributed by atoms with E-state index in [1.165, 1.54) is 13.4 Å². The number of carbonyl (C=O) groups is 1. The van der Waals surface area contributed by atoms with Crippen molar-refractivity contribution in [1.29, 1.82) is 0 Å². The molecule has 0 aliphatic heterocycles. The van der Waals surface area contributed by atoms with Crippen LogP contribution in [0.1, 0.15) is 46.9 Å². The Bertz CT molecular complexity index is 1260. The van der Waals surface area contributed by atoms with Gasteiger partial charge in [-0.1, -0.05) is 6.92 Å². The first-order valence-corrected chi connectivity index (χ1v) is 10.8. The summed E-state index contributed by atoms with van der Waals surface area (Å²) < 4.78 is 37.9. The van der Waals surface area contributed by atoms with Gasteiger partial charge in [0.2, 0.25) is 0 Å². The van der Waals surface area contributed by atoms with Gasteiger partial charge in [-0.25, -0.2) is 8.78 Å². The number of amides is 1. The zero-order chi connectivity index (χ0) is 23.9. The van der Waals surface area contributed by atoms with E-state index < -0.39 is 5.92 Å². The van der Waals surface area contributed by atoms with Crippen molar-refractivity contribution in [3.8, 4) is 5.75 Å². The molecule has 0 saturated heterocycles. The van der Waals surface area contributed by atoms with Gasteiger partial charge in [-0.2, -0.15) is 0 Å². The first kappa shape index (κ1) is 22.8. The second-order valence-corrected chi connectivity index (χ2v) is 8.48. The standard InChI is InChI=1S/C24H27F2N3O4/c1-5-15-18(29(3)14-10-24(25,26)11-14)9-20-16(6-7-33-20)21(15)23(31)27-12-17-19(32-4)8-13(2)28-22(17)30/h6-9,14H,5,10-12H2,1-4H3,(H,27,31)(H,28,30). The summed E-state index contributed by atoms with van der Waals surface area (Å²) in [6.45, 7) is 3.63. The Morgan fingerprint density at radius 3 is 2.70 bits per heavy atom. The van der Waals surface area contributed by atoms with Gasteiger partial charge in [0.05, 0.1) is 31.0 Å². The van der Waals surface area contributed by atoms with E-state index in [9.17, 15) is 18.4 Å². The van der Waals surface area contributed by atoms with Crippen molar-refractivity contribution in [3.05, 3.63) is 57.2 Å². The molecule has 7 nitrogen and oxygen atoms in total. The molecule has 0 atom stereocenters. The number of rotatable bonds is 7. The fourth-order valence-corrected chi connectivity index (χ4v) is 4.47. The van der Waals surface area contributed by atoms with Crippen LogP contribution in [0.2, 0.25) is 0 Å². The number of nitrogens with zero attached hydrogens (tertiary/aromatic N) is 1. The largest absolute Gasteiger partial charge is 0.496 e. The first-order chi connectivity index (χ1) is 15.6. The minimum Gasteiger partial charge on any atom is -0.496 e. The molecule has 4 rings (SSSR count). The molecule has 1 aromatic carbocycles. The fourth-order valence-electron chi connectivity index (χ4n) is 4.47. The number of hydrogen-bond donors (Lipinski definition) is 2. The predicted octanol–water partition coefficient (Wildman–Crippen LogP) is 4.16. The van der Waals surface area contributed by atoms with E-state index in [0.29, 0.717) is 45.6 Å². The number of halogens is 2. The number of H-pyrrole nitrogens is 1. The Morgan fingerprint density at radius 2 is 2.06 bits per heavy atom. The Balaban J connectivity index is 1.69. The molecule has 1 aliphatic carbocycles. The fraction of sp³-hybridized carbons (Fsp3) is 0.417. The second kappa shape index (κ2) is 8.53. The third kappa shape index (κ3) is 4.19. The van der Waals surface area contributed by atoms with E-state index in [-0.39, 0.29) is 36.9 Å². The van der Waals surface area contributed by atoms with E-state index in [4.69, 9.17) is 9.15 Å². The van der Waals surface area contributed by atoms with Gasteiger partial charge >= 0.3 is 0 Å². The summed E-state index contributed by atoms with van der Waals surface area (Å²) in [6, 6.07) is 4.89. The molecule has 1 fully saturated rings. The van der Waals surface area contributed by atoms with Gasteiger partial charge in [0.15, 0.2) is 0 Å². The van der Waals surface area contributed by atoms with Gasteiger partial charge in [0, 0.05) is 48.8 Å². The number of aromatic amines is 1. The minimum atomic E-state index is -2.65. The van der Waals surface area contributed by atoms with Crippen LogP contribution in [0.3, 0.4) is 0 Å². The molecule has 1 saturated carbocycles. The molecular weight excluding hydrogens is 432 g/mol. The number of aromatic nitrogens is 1. The van der Waals surface area contributed by atoms with E-state index >= 15 is 0 Å². The summed E-state index contributed by atoms with van der Waals surface area (Å²) in [5, 5.41) is 3.45. The molecule has 2 N–H and O–H groups in total. The summed E-state index contributed by atoms with van der Waals surface area (Å²) >= 11 is 0. The number of methoxy groups -OCH3 is 1. The molecular formula is C24H27F2N3O4. The third-order valence-corrected chi connectivity index (χ3v) is 6.30. The Labute approximate surface area is 189 Å². The van der Waals surface area contributed by atoms with Crippen LogP contribution in [0.25, 0.3) is 11.0 Å². The van der Waals surface area contributed by atoms with Crippen molar-refractivity contribution < 1.29 is 22.7 Å². The van der Waals surface area contributed by atoms with Crippen molar-refractivity contribution >= 4 is 22.6 Å². The average Bonchev–Trinajstić information content (AvgIpc) is 3.22. The summed E-state index contributed by atoms with van der Waals surface area (Å²) in [4.78, 5) is 30.3. The van der Waals surface area contributed by atoms with Gasteiger partial charge in [-0.3, -0.25) is 9.59 Å². The zero-order valence-electron chi connectivity index (χ0n) is 19.1. The van der Waals surface area contributed by atoms with Gasteiger partial charge in [-0.05, 0) is 31.0 Å². The van der Waals surface area contributed by atoms with Crippen LogP contribution in [0, 0.1) is 6.92 Å². The number of benzene rings is 1. The maximum absolute atomic E-state index is 13.5. The number of hydrogen-bond acceptors (Lipinski definition) is 5. The van der Waals surface area contributed by atoms with Crippen LogP contribution in [0.4, 0.5) is 14.5 Å². The normalized spacial score (nSPS) is 15.3. The number of alkyl halides is 2. The lowest BCUT2D eigenvalue weighted by Crippen LogP contribution is -2.49. The second-order valence-electron chi connectivity index (χ2n) is 8.48. The number of fused-ring (bicyclic) bond motifs is 1. The number of nitrogens with one attached hydrogen (secondary N) is 2. The molecule has 2 aromatic heterocycles. The molecule has 1 aliphatic rings. The van der Waals surface area contributed by atoms with Gasteiger partial charge in [-0.15, -0.1) is 0 Å². The van der Waals surface area contributed by atoms with Crippen molar-refractivity contribution in [2.45, 2.75) is 51.6 Å². The monoisotopic (exact) mass is 459 g/mol. The average molecular weight is 459 g/mol. The number of pyridine rings is 1. The van der Waals surface area contributed by atoms with Crippen molar-refractivity contribution in [1.82, 2.24) is 10.3 Å². The molecule has 0 bridgehead atoms. The maximum atomic E-state index is 13.5. The highest BCUT2D eigenvalue weighted by atomic mass is 19.3. The van der Waals surface area contributed by atoms with E-state index in [1.54, 1.807) is 32.2 Å². The van der Waals surface area contributed by atoms with Crippen LogP contribution in [-0.2, 0) is 13.0 Å². The molecule has 33 heavy (non-hydrogen) atoms. The van der Waals surface area contributed by atoms with Gasteiger partial charge in [0.1, 0.15) is 11.3 Å². The highest BCUT2D eigenvalue weighted by molar-refractivity contribution is 6.09. The molecule has 9 heteroatoms. The number of anilines is 1. The van der Waals surface area contributed by atoms with Gasteiger partial charge < -0.3 is 24.4 Å². The predicted molar refractivity (Wildman–Crippen MR) is 121 cm³/mol. The SMILES string of the molecule is CCc1c(N(C)C2CC(F)(F)C2)cc2occc2c1C(=O)NCc1c(OC)cc(C)[nH]c1=O. The van der Waals surface area contributed by atoms with Gasteiger partial charge in [0.25, 0.3) is 17.4 Å². The number of aryl methyl sites for hydroxylation is 1. The Hall–Kier alpha value is -3.36. The lowest BCUT2D eigenvalue weighted by molar-refractivity contribution is -0.0849. The lowest BCUT2D eigenvalue weighted by atomic mass is 9.86. The molecule has 0 spiro atoms. The van der Waals surface area contributed by atoms with E-state index in [1.807, 2.05) is 11.8 Å². The number of ether oxygens (including phenoxy) is 1. The van der Waals surface area contributed by atoms with E-state index in [2.05, 4.69) is 10.3 Å². The molecule has 2 heterocycles. The highest BCUT2D eigenvalue weighted by Crippen LogP contribution is 2.43. The summed E-state index contributed by atoms with van der Waals surface area (Å²) in [7, 11) is 3.23. The molecule has 176 valence electrons. The van der Waals surface area contributed by atoms with Crippen LogP contribution in [-0.4, -0.2) is 37.0 Å². The van der Waals surface area contributed by atoms with Crippen LogP contribution >= 0.6 is 0 Å².